The van der Waals surface area contributed by atoms with Gasteiger partial charge in [0.25, 0.3) is 0 Å². The summed E-state index contributed by atoms with van der Waals surface area (Å²) in [5.74, 6) is -1.90. The van der Waals surface area contributed by atoms with Gasteiger partial charge in [-0.25, -0.2) is 0 Å². The molecule has 0 spiro atoms. The highest BCUT2D eigenvalue weighted by Crippen LogP contribution is 2.34. The van der Waals surface area contributed by atoms with Crippen LogP contribution in [0.1, 0.15) is 41.0 Å². The van der Waals surface area contributed by atoms with Crippen molar-refractivity contribution in [3.05, 3.63) is 12.2 Å². The second-order valence-corrected chi connectivity index (χ2v) is 7.41. The predicted molar refractivity (Wildman–Crippen MR) is 104 cm³/mol. The molecule has 0 aromatic heterocycles. The number of rotatable bonds is 9. The average molecular weight is 432 g/mol. The van der Waals surface area contributed by atoms with Crippen molar-refractivity contribution < 1.29 is 42.9 Å². The van der Waals surface area contributed by atoms with Crippen LogP contribution in [0.4, 0.5) is 0 Å². The molecule has 1 fully saturated rings. The second kappa shape index (κ2) is 12.5. The fraction of sp³-hybridized carbons (Fsp3) is 0.684. The summed E-state index contributed by atoms with van der Waals surface area (Å²) in [6.07, 6.45) is 0.586. The van der Waals surface area contributed by atoms with Gasteiger partial charge in [-0.2, -0.15) is 0 Å². The Morgan fingerprint density at radius 1 is 0.828 bits per heavy atom. The van der Waals surface area contributed by atoms with E-state index in [-0.39, 0.29) is 6.61 Å². The number of esters is 4. The van der Waals surface area contributed by atoms with Gasteiger partial charge < -0.3 is 23.7 Å². The van der Waals surface area contributed by atoms with Crippen LogP contribution in [-0.2, 0) is 42.9 Å². The summed E-state index contributed by atoms with van der Waals surface area (Å²) >= 11 is 1.32. The standard InChI is InChI=1S/C19H28O9S/c1-6-7-8-9-29-19-18(27-14(5)23)17(26-13(4)22)16(25-12(3)21)15(28-19)10-24-11(2)20/h7-8,15-19H,6,9-10H2,1-5H3/t15?,16-,17+,18?,19+/m1/s1. The number of carbonyl (C=O) groups is 4. The van der Waals surface area contributed by atoms with Crippen LogP contribution in [0.15, 0.2) is 12.2 Å². The number of ether oxygens (including phenoxy) is 5. The van der Waals surface area contributed by atoms with Crippen LogP contribution in [0.25, 0.3) is 0 Å². The molecule has 1 aliphatic heterocycles. The molecule has 9 nitrogen and oxygen atoms in total. The number of allylic oxidation sites excluding steroid dienone is 1. The van der Waals surface area contributed by atoms with Crippen LogP contribution in [0.2, 0.25) is 0 Å². The van der Waals surface area contributed by atoms with Crippen LogP contribution in [0.5, 0.6) is 0 Å². The fourth-order valence-electron chi connectivity index (χ4n) is 2.71. The van der Waals surface area contributed by atoms with Crippen LogP contribution in [0, 0.1) is 0 Å². The first-order valence-corrected chi connectivity index (χ1v) is 10.3. The van der Waals surface area contributed by atoms with E-state index in [0.29, 0.717) is 5.75 Å². The highest BCUT2D eigenvalue weighted by molar-refractivity contribution is 7.99. The molecule has 1 aliphatic rings. The summed E-state index contributed by atoms with van der Waals surface area (Å²) in [5, 5.41) is 0. The van der Waals surface area contributed by atoms with Crippen LogP contribution in [-0.4, -0.2) is 66.1 Å². The third kappa shape index (κ3) is 8.86. The lowest BCUT2D eigenvalue weighted by Crippen LogP contribution is -2.61. The van der Waals surface area contributed by atoms with E-state index in [1.165, 1.54) is 39.5 Å². The Morgan fingerprint density at radius 2 is 1.38 bits per heavy atom. The highest BCUT2D eigenvalue weighted by atomic mass is 32.2. The van der Waals surface area contributed by atoms with Crippen molar-refractivity contribution in [2.75, 3.05) is 12.4 Å². The molecule has 164 valence electrons. The molecule has 0 N–H and O–H groups in total. The Hall–Kier alpha value is -2.07. The lowest BCUT2D eigenvalue weighted by Gasteiger charge is -2.44. The molecule has 1 heterocycles. The number of thioether (sulfide) groups is 1. The zero-order valence-electron chi connectivity index (χ0n) is 17.2. The summed E-state index contributed by atoms with van der Waals surface area (Å²) in [7, 11) is 0. The van der Waals surface area contributed by atoms with Crippen LogP contribution >= 0.6 is 11.8 Å². The molecular formula is C19H28O9S. The predicted octanol–water partition coefficient (Wildman–Crippen LogP) is 1.77. The summed E-state index contributed by atoms with van der Waals surface area (Å²) in [6, 6.07) is 0. The van der Waals surface area contributed by atoms with E-state index in [9.17, 15) is 19.2 Å². The summed E-state index contributed by atoms with van der Waals surface area (Å²) < 4.78 is 27.0. The molecule has 0 aliphatic carbocycles. The van der Waals surface area contributed by atoms with Gasteiger partial charge in [0.05, 0.1) is 0 Å². The monoisotopic (exact) mass is 432 g/mol. The zero-order valence-corrected chi connectivity index (χ0v) is 18.1. The maximum absolute atomic E-state index is 11.7. The van der Waals surface area contributed by atoms with E-state index in [4.69, 9.17) is 23.7 Å². The molecule has 0 bridgehead atoms. The van der Waals surface area contributed by atoms with Gasteiger partial charge in [0.15, 0.2) is 18.3 Å². The highest BCUT2D eigenvalue weighted by Gasteiger charge is 2.52. The van der Waals surface area contributed by atoms with Gasteiger partial charge in [-0.3, -0.25) is 19.2 Å². The van der Waals surface area contributed by atoms with Gasteiger partial charge in [-0.05, 0) is 6.42 Å². The van der Waals surface area contributed by atoms with E-state index in [2.05, 4.69) is 0 Å². The molecule has 5 atom stereocenters. The molecule has 1 saturated heterocycles. The summed E-state index contributed by atoms with van der Waals surface area (Å²) in [4.78, 5) is 46.3. The molecule has 0 amide bonds. The molecule has 10 heteroatoms. The smallest absolute Gasteiger partial charge is 0.303 e. The van der Waals surface area contributed by atoms with Crippen molar-refractivity contribution >= 4 is 35.6 Å². The minimum Gasteiger partial charge on any atom is -0.463 e. The first kappa shape index (κ1) is 25.0. The Labute approximate surface area is 174 Å². The van der Waals surface area contributed by atoms with Crippen molar-refractivity contribution in [1.82, 2.24) is 0 Å². The van der Waals surface area contributed by atoms with E-state index in [0.717, 1.165) is 6.42 Å². The largest absolute Gasteiger partial charge is 0.463 e. The molecule has 2 unspecified atom stereocenters. The van der Waals surface area contributed by atoms with E-state index >= 15 is 0 Å². The first-order valence-electron chi connectivity index (χ1n) is 9.22. The van der Waals surface area contributed by atoms with Gasteiger partial charge in [0.2, 0.25) is 0 Å². The van der Waals surface area contributed by atoms with Crippen LogP contribution in [0.3, 0.4) is 0 Å². The van der Waals surface area contributed by atoms with E-state index in [1.807, 2.05) is 19.1 Å². The topological polar surface area (TPSA) is 114 Å². The van der Waals surface area contributed by atoms with Crippen molar-refractivity contribution in [3.63, 3.8) is 0 Å². The molecule has 29 heavy (non-hydrogen) atoms. The third-order valence-corrected chi connectivity index (χ3v) is 4.80. The van der Waals surface area contributed by atoms with Crippen molar-refractivity contribution in [1.29, 1.82) is 0 Å². The minimum absolute atomic E-state index is 0.223. The molecule has 0 saturated carbocycles. The Morgan fingerprint density at radius 3 is 1.90 bits per heavy atom. The maximum atomic E-state index is 11.7. The Bertz CT molecular complexity index is 619. The summed E-state index contributed by atoms with van der Waals surface area (Å²) in [5.41, 5.74) is -0.739. The van der Waals surface area contributed by atoms with Gasteiger partial charge in [-0.1, -0.05) is 19.1 Å². The Kier molecular flexibility index (Phi) is 10.7. The quantitative estimate of drug-likeness (QED) is 0.303. The number of hydrogen-bond acceptors (Lipinski definition) is 10. The molecule has 0 aromatic carbocycles. The van der Waals surface area contributed by atoms with E-state index < -0.39 is 53.7 Å². The van der Waals surface area contributed by atoms with Crippen LogP contribution < -0.4 is 0 Å². The fourth-order valence-corrected chi connectivity index (χ4v) is 3.77. The van der Waals surface area contributed by atoms with Crippen molar-refractivity contribution in [2.24, 2.45) is 0 Å². The maximum Gasteiger partial charge on any atom is 0.303 e. The zero-order chi connectivity index (χ0) is 22.0. The first-order chi connectivity index (χ1) is 13.6. The number of carbonyl (C=O) groups excluding carboxylic acids is 4. The van der Waals surface area contributed by atoms with Crippen molar-refractivity contribution in [3.8, 4) is 0 Å². The molecule has 1 rings (SSSR count). The van der Waals surface area contributed by atoms with Crippen molar-refractivity contribution in [2.45, 2.75) is 70.9 Å². The SMILES string of the molecule is CCC=CCS[C@@H]1OC(COC(C)=O)[C@@H](OC(C)=O)[C@H](OC(C)=O)C1OC(C)=O. The minimum atomic E-state index is -1.12. The molecule has 0 aromatic rings. The second-order valence-electron chi connectivity index (χ2n) is 6.28. The van der Waals surface area contributed by atoms with Gasteiger partial charge in [-0.15, -0.1) is 11.8 Å². The van der Waals surface area contributed by atoms with Gasteiger partial charge >= 0.3 is 23.9 Å². The van der Waals surface area contributed by atoms with Gasteiger partial charge in [0, 0.05) is 33.4 Å². The lowest BCUT2D eigenvalue weighted by atomic mass is 9.99. The molecule has 0 radical (unpaired) electrons. The average Bonchev–Trinajstić information content (AvgIpc) is 2.60. The normalized spacial score (nSPS) is 26.6. The van der Waals surface area contributed by atoms with Gasteiger partial charge in [0.1, 0.15) is 18.1 Å². The summed E-state index contributed by atoms with van der Waals surface area (Å²) in [6.45, 7) is 6.60. The molecular weight excluding hydrogens is 404 g/mol. The Balaban J connectivity index is 3.22. The van der Waals surface area contributed by atoms with E-state index in [1.54, 1.807) is 0 Å². The lowest BCUT2D eigenvalue weighted by molar-refractivity contribution is -0.237. The number of hydrogen-bond donors (Lipinski definition) is 0. The third-order valence-electron chi connectivity index (χ3n) is 3.71.